The maximum absolute atomic E-state index is 5.46. The standard InChI is InChI=1S/C21H36N6S/c1-15(2)13-22-21(28)25-20-23-18(26-10-7-16(3)8-11-26)12-19(24-20)27-9-5-6-17(4)14-27/h12,15-17H,5-11,13-14H2,1-4H3,(H2,22,23,24,25,28). The van der Waals surface area contributed by atoms with Gasteiger partial charge in [-0.25, -0.2) is 0 Å². The van der Waals surface area contributed by atoms with Crippen LogP contribution in [0.25, 0.3) is 0 Å². The third-order valence-corrected chi connectivity index (χ3v) is 5.93. The molecule has 1 aromatic heterocycles. The van der Waals surface area contributed by atoms with Gasteiger partial charge in [0, 0.05) is 38.8 Å². The molecule has 0 amide bonds. The Morgan fingerprint density at radius 3 is 2.39 bits per heavy atom. The Balaban J connectivity index is 1.80. The number of hydrogen-bond acceptors (Lipinski definition) is 5. The molecule has 0 bridgehead atoms. The Morgan fingerprint density at radius 1 is 1.07 bits per heavy atom. The molecule has 2 N–H and O–H groups in total. The normalized spacial score (nSPS) is 21.1. The Hall–Kier alpha value is -1.63. The van der Waals surface area contributed by atoms with Gasteiger partial charge in [-0.2, -0.15) is 9.97 Å². The van der Waals surface area contributed by atoms with Gasteiger partial charge in [-0.05, 0) is 55.7 Å². The molecule has 0 radical (unpaired) electrons. The highest BCUT2D eigenvalue weighted by Gasteiger charge is 2.22. The maximum Gasteiger partial charge on any atom is 0.232 e. The minimum absolute atomic E-state index is 0.535. The zero-order chi connectivity index (χ0) is 20.1. The summed E-state index contributed by atoms with van der Waals surface area (Å²) in [6.45, 7) is 14.1. The summed E-state index contributed by atoms with van der Waals surface area (Å²) in [6.07, 6.45) is 4.96. The lowest BCUT2D eigenvalue weighted by Crippen LogP contribution is -2.37. The molecule has 0 spiro atoms. The second kappa shape index (κ2) is 9.72. The van der Waals surface area contributed by atoms with E-state index in [1.54, 1.807) is 0 Å². The molecular weight excluding hydrogens is 368 g/mol. The van der Waals surface area contributed by atoms with E-state index in [1.807, 2.05) is 0 Å². The second-order valence-electron chi connectivity index (χ2n) is 9.00. The minimum Gasteiger partial charge on any atom is -0.362 e. The number of thiocarbonyl (C=S) groups is 1. The quantitative estimate of drug-likeness (QED) is 0.722. The number of nitrogens with zero attached hydrogens (tertiary/aromatic N) is 4. The lowest BCUT2D eigenvalue weighted by atomic mass is 9.99. The molecule has 2 aliphatic rings. The molecule has 0 aromatic carbocycles. The smallest absolute Gasteiger partial charge is 0.232 e. The molecule has 1 aromatic rings. The number of anilines is 3. The van der Waals surface area contributed by atoms with Crippen molar-refractivity contribution in [1.82, 2.24) is 15.3 Å². The average Bonchev–Trinajstić information content (AvgIpc) is 2.67. The van der Waals surface area contributed by atoms with Crippen molar-refractivity contribution in [2.24, 2.45) is 17.8 Å². The number of rotatable bonds is 5. The number of aromatic nitrogens is 2. The van der Waals surface area contributed by atoms with Crippen LogP contribution in [-0.2, 0) is 0 Å². The summed E-state index contributed by atoms with van der Waals surface area (Å²) < 4.78 is 0. The Morgan fingerprint density at radius 2 is 1.75 bits per heavy atom. The summed E-state index contributed by atoms with van der Waals surface area (Å²) >= 11 is 5.46. The first-order chi connectivity index (χ1) is 13.4. The van der Waals surface area contributed by atoms with Crippen LogP contribution in [0, 0.1) is 17.8 Å². The zero-order valence-corrected chi connectivity index (χ0v) is 18.7. The Kier molecular flexibility index (Phi) is 7.32. The zero-order valence-electron chi connectivity index (χ0n) is 17.9. The van der Waals surface area contributed by atoms with Gasteiger partial charge in [-0.15, -0.1) is 0 Å². The fourth-order valence-corrected chi connectivity index (χ4v) is 4.05. The minimum atomic E-state index is 0.535. The van der Waals surface area contributed by atoms with Gasteiger partial charge < -0.3 is 20.4 Å². The summed E-state index contributed by atoms with van der Waals surface area (Å²) in [4.78, 5) is 14.4. The van der Waals surface area contributed by atoms with E-state index in [-0.39, 0.29) is 0 Å². The molecule has 3 heterocycles. The van der Waals surface area contributed by atoms with Crippen molar-refractivity contribution in [3.05, 3.63) is 6.07 Å². The molecule has 2 saturated heterocycles. The highest BCUT2D eigenvalue weighted by atomic mass is 32.1. The van der Waals surface area contributed by atoms with Gasteiger partial charge in [0.05, 0.1) is 0 Å². The molecule has 1 unspecified atom stereocenters. The van der Waals surface area contributed by atoms with E-state index in [4.69, 9.17) is 22.2 Å². The summed E-state index contributed by atoms with van der Waals surface area (Å²) in [5.41, 5.74) is 0. The van der Waals surface area contributed by atoms with Gasteiger partial charge in [0.2, 0.25) is 5.95 Å². The summed E-state index contributed by atoms with van der Waals surface area (Å²) in [5.74, 6) is 4.67. The van der Waals surface area contributed by atoms with Gasteiger partial charge in [-0.1, -0.05) is 27.7 Å². The Labute approximate surface area is 175 Å². The molecule has 7 heteroatoms. The molecular formula is C21H36N6S. The van der Waals surface area contributed by atoms with Gasteiger partial charge in [0.1, 0.15) is 11.6 Å². The predicted molar refractivity (Wildman–Crippen MR) is 122 cm³/mol. The van der Waals surface area contributed by atoms with Gasteiger partial charge in [0.15, 0.2) is 5.11 Å². The molecule has 0 aliphatic carbocycles. The van der Waals surface area contributed by atoms with Crippen molar-refractivity contribution in [1.29, 1.82) is 0 Å². The monoisotopic (exact) mass is 404 g/mol. The van der Waals surface area contributed by atoms with Crippen LogP contribution < -0.4 is 20.4 Å². The summed E-state index contributed by atoms with van der Waals surface area (Å²) in [7, 11) is 0. The van der Waals surface area contributed by atoms with E-state index in [1.165, 1.54) is 25.7 Å². The van der Waals surface area contributed by atoms with E-state index < -0.39 is 0 Å². The van der Waals surface area contributed by atoms with E-state index in [0.717, 1.165) is 50.3 Å². The van der Waals surface area contributed by atoms with Crippen LogP contribution in [0.2, 0.25) is 0 Å². The highest BCUT2D eigenvalue weighted by Crippen LogP contribution is 2.28. The predicted octanol–water partition coefficient (Wildman–Crippen LogP) is 3.89. The van der Waals surface area contributed by atoms with Gasteiger partial charge in [-0.3, -0.25) is 0 Å². The molecule has 2 aliphatic heterocycles. The molecule has 3 rings (SSSR count). The topological polar surface area (TPSA) is 56.3 Å². The van der Waals surface area contributed by atoms with Crippen molar-refractivity contribution in [2.45, 2.75) is 53.4 Å². The number of piperidine rings is 2. The first-order valence-electron chi connectivity index (χ1n) is 10.8. The van der Waals surface area contributed by atoms with E-state index in [9.17, 15) is 0 Å². The van der Waals surface area contributed by atoms with Crippen LogP contribution in [0.15, 0.2) is 6.07 Å². The third-order valence-electron chi connectivity index (χ3n) is 5.68. The molecule has 156 valence electrons. The van der Waals surface area contributed by atoms with Crippen LogP contribution >= 0.6 is 12.2 Å². The van der Waals surface area contributed by atoms with Crippen LogP contribution in [0.1, 0.15) is 53.4 Å². The largest absolute Gasteiger partial charge is 0.362 e. The van der Waals surface area contributed by atoms with Crippen LogP contribution in [0.5, 0.6) is 0 Å². The third kappa shape index (κ3) is 5.93. The number of nitrogens with one attached hydrogen (secondary N) is 2. The molecule has 28 heavy (non-hydrogen) atoms. The lowest BCUT2D eigenvalue weighted by molar-refractivity contribution is 0.435. The van der Waals surface area contributed by atoms with Crippen molar-refractivity contribution < 1.29 is 0 Å². The van der Waals surface area contributed by atoms with Gasteiger partial charge >= 0.3 is 0 Å². The average molecular weight is 405 g/mol. The van der Waals surface area contributed by atoms with Crippen LogP contribution in [0.3, 0.4) is 0 Å². The molecule has 6 nitrogen and oxygen atoms in total. The SMILES string of the molecule is CC(C)CNC(=S)Nc1nc(N2CCC(C)CC2)cc(N2CCCC(C)C2)n1. The second-order valence-corrected chi connectivity index (χ2v) is 9.41. The fourth-order valence-electron chi connectivity index (χ4n) is 3.88. The van der Waals surface area contributed by atoms with Crippen molar-refractivity contribution in [3.63, 3.8) is 0 Å². The maximum atomic E-state index is 5.46. The van der Waals surface area contributed by atoms with E-state index >= 15 is 0 Å². The van der Waals surface area contributed by atoms with Gasteiger partial charge in [0.25, 0.3) is 0 Å². The first kappa shape index (κ1) is 21.1. The number of hydrogen-bond donors (Lipinski definition) is 2. The summed E-state index contributed by atoms with van der Waals surface area (Å²) in [6, 6.07) is 2.17. The molecule has 0 saturated carbocycles. The van der Waals surface area contributed by atoms with E-state index in [0.29, 0.717) is 22.9 Å². The Bertz CT molecular complexity index is 656. The van der Waals surface area contributed by atoms with Crippen molar-refractivity contribution >= 4 is 34.9 Å². The molecule has 2 fully saturated rings. The molecule has 1 atom stereocenters. The first-order valence-corrected chi connectivity index (χ1v) is 11.3. The lowest BCUT2D eigenvalue weighted by Gasteiger charge is -2.34. The fraction of sp³-hybridized carbons (Fsp3) is 0.762. The van der Waals surface area contributed by atoms with Crippen LogP contribution in [-0.4, -0.2) is 47.8 Å². The van der Waals surface area contributed by atoms with Crippen molar-refractivity contribution in [3.8, 4) is 0 Å². The van der Waals surface area contributed by atoms with Crippen molar-refractivity contribution in [2.75, 3.05) is 47.8 Å². The highest BCUT2D eigenvalue weighted by molar-refractivity contribution is 7.80. The summed E-state index contributed by atoms with van der Waals surface area (Å²) in [5, 5.41) is 7.07. The van der Waals surface area contributed by atoms with Crippen LogP contribution in [0.4, 0.5) is 17.6 Å². The van der Waals surface area contributed by atoms with E-state index in [2.05, 4.69) is 54.2 Å².